The first-order valence-corrected chi connectivity index (χ1v) is 37.8. The van der Waals surface area contributed by atoms with E-state index in [2.05, 4.69) is 398 Å². The Hall–Kier alpha value is -14.3. The quantitative estimate of drug-likeness (QED) is 0.0456. The summed E-state index contributed by atoms with van der Waals surface area (Å²) in [5, 5.41) is 16.2. The van der Waals surface area contributed by atoms with Crippen LogP contribution in [-0.4, -0.2) is 5.97 Å². The largest absolute Gasteiger partial charge is 0.457 e. The zero-order chi connectivity index (χ0) is 75.1. The second-order valence-electron chi connectivity index (χ2n) is 28.6. The molecule has 0 unspecified atom stereocenters. The second kappa shape index (κ2) is 29.4. The number of anilines is 12. The van der Waals surface area contributed by atoms with E-state index >= 15 is 0 Å². The Morgan fingerprint density at radius 1 is 0.306 bits per heavy atom. The molecule has 0 heterocycles. The van der Waals surface area contributed by atoms with Crippen LogP contribution in [0.3, 0.4) is 0 Å². The molecule has 0 amide bonds. The average molecular weight is 1430 g/mol. The number of fused-ring (bicyclic) bond motifs is 13. The van der Waals surface area contributed by atoms with Crippen molar-refractivity contribution in [2.24, 2.45) is 0 Å². The van der Waals surface area contributed by atoms with Gasteiger partial charge in [-0.1, -0.05) is 267 Å². The van der Waals surface area contributed by atoms with E-state index in [1.54, 1.807) is 0 Å². The van der Waals surface area contributed by atoms with Gasteiger partial charge in [0.2, 0.25) is 0 Å². The van der Waals surface area contributed by atoms with Crippen molar-refractivity contribution in [3.8, 4) is 11.1 Å². The molecule has 18 rings (SSSR count). The number of nitrogens with zero attached hydrogens (tertiary/aromatic N) is 4. The Labute approximate surface area is 647 Å². The standard InChI is InChI=1S/C105H78N4O2/c1-6-73-36-51-86(52-37-73)108(101-31-19-21-78-20-11-12-25-91(78)101)88-61-63-94-92-26-14-18-30-98(92)104-100-68-89(62-64-95(100)93-27-15-17-29-97(93)103(104)99(94)67-88)109(87-53-38-74(7-2)39-54-87)102-65-46-79(90-24-13-16-28-96(90)102)66-72(5)105(110)111-69-75-40-55-83(56-41-75)107(82-49-34-71(4)35-50-82)85-59-44-77(45-60-85)76-42-57-84(58-43-76)106(80-22-9-8-10-23-80)81-47-32-70(3)33-48-81/h6-68H,1-2,69H2,3-5H3/b72-66-. The average Bonchev–Trinajstić information content (AvgIpc) is 0.704. The zero-order valence-electron chi connectivity index (χ0n) is 62.1. The molecule has 0 atom stereocenters. The summed E-state index contributed by atoms with van der Waals surface area (Å²) in [6.07, 6.45) is 5.74. The molecule has 0 N–H and O–H groups in total. The predicted molar refractivity (Wildman–Crippen MR) is 473 cm³/mol. The van der Waals surface area contributed by atoms with Crippen LogP contribution in [0.2, 0.25) is 0 Å². The molecule has 0 aliphatic rings. The Morgan fingerprint density at radius 3 is 1.15 bits per heavy atom. The van der Waals surface area contributed by atoms with Crippen molar-refractivity contribution >= 4 is 168 Å². The highest BCUT2D eigenvalue weighted by atomic mass is 16.5. The third-order valence-corrected chi connectivity index (χ3v) is 21.7. The van der Waals surface area contributed by atoms with Crippen molar-refractivity contribution in [1.82, 2.24) is 0 Å². The number of rotatable bonds is 19. The van der Waals surface area contributed by atoms with Crippen molar-refractivity contribution in [3.63, 3.8) is 0 Å². The van der Waals surface area contributed by atoms with Crippen LogP contribution in [0.5, 0.6) is 0 Å². The highest BCUT2D eigenvalue weighted by Crippen LogP contribution is 2.50. The lowest BCUT2D eigenvalue weighted by atomic mass is 9.86. The smallest absolute Gasteiger partial charge is 0.334 e. The van der Waals surface area contributed by atoms with E-state index in [1.807, 2.05) is 37.3 Å². The van der Waals surface area contributed by atoms with Crippen LogP contribution in [0.1, 0.15) is 40.3 Å². The van der Waals surface area contributed by atoms with Crippen molar-refractivity contribution in [2.75, 3.05) is 19.6 Å². The molecule has 6 heteroatoms. The topological polar surface area (TPSA) is 39.3 Å². The fourth-order valence-electron chi connectivity index (χ4n) is 16.1. The van der Waals surface area contributed by atoms with E-state index in [0.29, 0.717) is 5.57 Å². The zero-order valence-corrected chi connectivity index (χ0v) is 62.1. The maximum absolute atomic E-state index is 14.3. The van der Waals surface area contributed by atoms with E-state index in [1.165, 1.54) is 70.4 Å². The normalized spacial score (nSPS) is 11.6. The highest BCUT2D eigenvalue weighted by molar-refractivity contribution is 6.40. The molecule has 0 fully saturated rings. The lowest BCUT2D eigenvalue weighted by Gasteiger charge is -2.28. The fourth-order valence-corrected chi connectivity index (χ4v) is 16.1. The minimum atomic E-state index is -0.389. The van der Waals surface area contributed by atoms with Gasteiger partial charge in [-0.25, -0.2) is 4.79 Å². The molecule has 0 radical (unpaired) electrons. The number of ether oxygens (including phenoxy) is 1. The van der Waals surface area contributed by atoms with Crippen LogP contribution < -0.4 is 19.6 Å². The molecule has 0 aliphatic heterocycles. The molecule has 0 bridgehead atoms. The van der Waals surface area contributed by atoms with Gasteiger partial charge in [-0.15, -0.1) is 0 Å². The number of benzene rings is 18. The van der Waals surface area contributed by atoms with Crippen LogP contribution >= 0.6 is 0 Å². The first kappa shape index (κ1) is 68.5. The minimum absolute atomic E-state index is 0.107. The number of aryl methyl sites for hydroxylation is 2. The van der Waals surface area contributed by atoms with Crippen molar-refractivity contribution in [1.29, 1.82) is 0 Å². The van der Waals surface area contributed by atoms with Gasteiger partial charge in [0.05, 0.1) is 11.4 Å². The van der Waals surface area contributed by atoms with E-state index < -0.39 is 0 Å². The Balaban J connectivity index is 0.661. The predicted octanol–water partition coefficient (Wildman–Crippen LogP) is 29.4. The lowest BCUT2D eigenvalue weighted by Crippen LogP contribution is -2.11. The highest BCUT2D eigenvalue weighted by Gasteiger charge is 2.25. The van der Waals surface area contributed by atoms with Crippen LogP contribution in [-0.2, 0) is 16.1 Å². The lowest BCUT2D eigenvalue weighted by molar-refractivity contribution is -0.140. The molecule has 0 aliphatic carbocycles. The van der Waals surface area contributed by atoms with Crippen LogP contribution in [0.15, 0.2) is 383 Å². The molecule has 18 aromatic rings. The van der Waals surface area contributed by atoms with Gasteiger partial charge in [-0.05, 0) is 258 Å². The van der Waals surface area contributed by atoms with E-state index in [4.69, 9.17) is 4.74 Å². The van der Waals surface area contributed by atoms with Gasteiger partial charge in [0, 0.05) is 73.2 Å². The molecular weight excluding hydrogens is 1350 g/mol. The third kappa shape index (κ3) is 13.0. The van der Waals surface area contributed by atoms with Gasteiger partial charge in [0.1, 0.15) is 6.61 Å². The van der Waals surface area contributed by atoms with E-state index in [9.17, 15) is 4.79 Å². The first-order chi connectivity index (χ1) is 54.6. The molecule has 530 valence electrons. The molecule has 0 saturated heterocycles. The summed E-state index contributed by atoms with van der Waals surface area (Å²) in [6, 6.07) is 131. The molecular formula is C105H78N4O2. The van der Waals surface area contributed by atoms with Gasteiger partial charge in [-0.2, -0.15) is 0 Å². The molecule has 0 saturated carbocycles. The number of carbonyl (C=O) groups excluding carboxylic acids is 1. The maximum Gasteiger partial charge on any atom is 0.334 e. The number of hydrogen-bond donors (Lipinski definition) is 0. The summed E-state index contributed by atoms with van der Waals surface area (Å²) < 4.78 is 6.15. The van der Waals surface area contributed by atoms with Crippen molar-refractivity contribution in [3.05, 3.63) is 416 Å². The molecule has 111 heavy (non-hydrogen) atoms. The SMILES string of the molecule is C=Cc1ccc(N(c2ccc3c4ccccc4c4c5cc(N(c6ccc(C=C)cc6)c6ccc(/C=C(/C)C(=O)OCc7ccc(N(c8ccc(C)cc8)c8ccc(-c9ccc(N(c%10ccccc%10)c%10ccc(C)cc%10)cc9)cc8)cc7)c7ccccc67)ccc5c5ccccc5c4c3c2)c2cccc3ccccc23)cc1. The molecule has 0 aromatic heterocycles. The Morgan fingerprint density at radius 2 is 0.667 bits per heavy atom. The van der Waals surface area contributed by atoms with Gasteiger partial charge in [-0.3, -0.25) is 0 Å². The Kier molecular flexibility index (Phi) is 18.2. The fraction of sp³-hybridized carbons (Fsp3) is 0.0381. The molecule has 18 aromatic carbocycles. The number of carbonyl (C=O) groups is 1. The van der Waals surface area contributed by atoms with Crippen LogP contribution in [0.25, 0.3) is 105 Å². The summed E-state index contributed by atoms with van der Waals surface area (Å²) in [6.45, 7) is 14.4. The summed E-state index contributed by atoms with van der Waals surface area (Å²) >= 11 is 0. The monoisotopic (exact) mass is 1430 g/mol. The number of hydrogen-bond acceptors (Lipinski definition) is 6. The van der Waals surface area contributed by atoms with E-state index in [0.717, 1.165) is 118 Å². The summed E-state index contributed by atoms with van der Waals surface area (Å²) in [5.41, 5.74) is 21.5. The van der Waals surface area contributed by atoms with Gasteiger partial charge < -0.3 is 24.3 Å². The summed E-state index contributed by atoms with van der Waals surface area (Å²) in [7, 11) is 0. The van der Waals surface area contributed by atoms with Crippen LogP contribution in [0.4, 0.5) is 68.2 Å². The minimum Gasteiger partial charge on any atom is -0.457 e. The summed E-state index contributed by atoms with van der Waals surface area (Å²) in [4.78, 5) is 23.6. The molecule has 6 nitrogen and oxygen atoms in total. The van der Waals surface area contributed by atoms with Crippen molar-refractivity contribution < 1.29 is 9.53 Å². The van der Waals surface area contributed by atoms with E-state index in [-0.39, 0.29) is 12.6 Å². The number of esters is 1. The van der Waals surface area contributed by atoms with Crippen molar-refractivity contribution in [2.45, 2.75) is 27.4 Å². The summed E-state index contributed by atoms with van der Waals surface area (Å²) in [5.74, 6) is -0.389. The Bertz CT molecular complexity index is 6630. The number of para-hydroxylation sites is 1. The van der Waals surface area contributed by atoms with Crippen LogP contribution in [0, 0.1) is 13.8 Å². The van der Waals surface area contributed by atoms with Gasteiger partial charge >= 0.3 is 5.97 Å². The second-order valence-corrected chi connectivity index (χ2v) is 28.6. The molecule has 0 spiro atoms. The first-order valence-electron chi connectivity index (χ1n) is 37.8. The van der Waals surface area contributed by atoms with Gasteiger partial charge in [0.15, 0.2) is 0 Å². The maximum atomic E-state index is 14.3. The van der Waals surface area contributed by atoms with Gasteiger partial charge in [0.25, 0.3) is 0 Å². The third-order valence-electron chi connectivity index (χ3n) is 21.7.